The maximum absolute atomic E-state index is 11.2. The lowest BCUT2D eigenvalue weighted by Crippen LogP contribution is -2.30. The minimum atomic E-state index is -1.00. The number of guanidine groups is 1. The minimum absolute atomic E-state index is 0.0129. The third-order valence-electron chi connectivity index (χ3n) is 4.23. The van der Waals surface area contributed by atoms with Crippen LogP contribution in [0.2, 0.25) is 0 Å². The van der Waals surface area contributed by atoms with E-state index in [-0.39, 0.29) is 18.4 Å². The van der Waals surface area contributed by atoms with Crippen molar-refractivity contribution >= 4 is 23.8 Å². The van der Waals surface area contributed by atoms with Gasteiger partial charge in [-0.05, 0) is 19.3 Å². The van der Waals surface area contributed by atoms with Gasteiger partial charge in [-0.2, -0.15) is 0 Å². The predicted molar refractivity (Wildman–Crippen MR) is 118 cm³/mol. The molecule has 0 aromatic rings. The number of hydrogen-bond donors (Lipinski definition) is 6. The standard InChI is InChI=1S/C14H27NO3.C6H14N4O2/c1-2-3-4-5-6-7-8-9-10-11-13(16)15-12-14(17)18;7-4(5(11)12)2-1-3-10-6(8)9/h2-12H2,1H3,(H,15,16)(H,17,18);4H,1-3,7H2,(H,11,12)(H4,8,9,10). The van der Waals surface area contributed by atoms with Crippen molar-refractivity contribution in [3.63, 3.8) is 0 Å². The van der Waals surface area contributed by atoms with Gasteiger partial charge in [-0.3, -0.25) is 19.4 Å². The number of carbonyl (C=O) groups is 3. The molecular weight excluding hydrogens is 390 g/mol. The number of carboxylic acids is 2. The lowest BCUT2D eigenvalue weighted by Gasteiger charge is -2.03. The highest BCUT2D eigenvalue weighted by atomic mass is 16.4. The molecule has 0 spiro atoms. The van der Waals surface area contributed by atoms with Gasteiger partial charge in [0.1, 0.15) is 12.6 Å². The lowest BCUT2D eigenvalue weighted by atomic mass is 10.1. The fourth-order valence-electron chi connectivity index (χ4n) is 2.50. The molecule has 1 atom stereocenters. The second kappa shape index (κ2) is 21.4. The Bertz CT molecular complexity index is 496. The second-order valence-corrected chi connectivity index (χ2v) is 7.14. The van der Waals surface area contributed by atoms with Gasteiger partial charge in [-0.1, -0.05) is 58.3 Å². The van der Waals surface area contributed by atoms with Crippen molar-refractivity contribution in [1.82, 2.24) is 5.32 Å². The molecule has 0 aliphatic rings. The van der Waals surface area contributed by atoms with Crippen LogP contribution < -0.4 is 22.5 Å². The third kappa shape index (κ3) is 25.6. The van der Waals surface area contributed by atoms with Crippen molar-refractivity contribution in [2.75, 3.05) is 13.1 Å². The maximum atomic E-state index is 11.2. The summed E-state index contributed by atoms with van der Waals surface area (Å²) < 4.78 is 0. The van der Waals surface area contributed by atoms with Crippen molar-refractivity contribution in [1.29, 1.82) is 0 Å². The van der Waals surface area contributed by atoms with Crippen molar-refractivity contribution in [3.8, 4) is 0 Å². The van der Waals surface area contributed by atoms with Crippen LogP contribution >= 0.6 is 0 Å². The van der Waals surface area contributed by atoms with Crippen LogP contribution in [0.4, 0.5) is 0 Å². The summed E-state index contributed by atoms with van der Waals surface area (Å²) >= 11 is 0. The van der Waals surface area contributed by atoms with E-state index in [2.05, 4.69) is 17.2 Å². The summed E-state index contributed by atoms with van der Waals surface area (Å²) in [5.74, 6) is -2.13. The van der Waals surface area contributed by atoms with Crippen molar-refractivity contribution in [2.24, 2.45) is 22.2 Å². The van der Waals surface area contributed by atoms with Crippen LogP contribution in [0.25, 0.3) is 0 Å². The molecule has 10 heteroatoms. The van der Waals surface area contributed by atoms with Crippen LogP contribution in [0.1, 0.15) is 84.0 Å². The minimum Gasteiger partial charge on any atom is -0.480 e. The highest BCUT2D eigenvalue weighted by molar-refractivity contribution is 5.81. The van der Waals surface area contributed by atoms with E-state index < -0.39 is 18.0 Å². The summed E-state index contributed by atoms with van der Waals surface area (Å²) in [6, 6.07) is -0.820. The summed E-state index contributed by atoms with van der Waals surface area (Å²) in [7, 11) is 0. The van der Waals surface area contributed by atoms with Crippen LogP contribution in [0, 0.1) is 0 Å². The van der Waals surface area contributed by atoms with E-state index in [1.54, 1.807) is 0 Å². The molecule has 1 unspecified atom stereocenters. The number of amides is 1. The average molecular weight is 432 g/mol. The predicted octanol–water partition coefficient (Wildman–Crippen LogP) is 1.56. The Morgan fingerprint density at radius 2 is 1.43 bits per heavy atom. The summed E-state index contributed by atoms with van der Waals surface area (Å²) in [6.45, 7) is 2.37. The van der Waals surface area contributed by atoms with Gasteiger partial charge in [0.15, 0.2) is 5.96 Å². The van der Waals surface area contributed by atoms with Crippen molar-refractivity contribution < 1.29 is 24.6 Å². The van der Waals surface area contributed by atoms with Gasteiger partial charge in [0.25, 0.3) is 0 Å². The number of hydrogen-bond acceptors (Lipinski definition) is 5. The number of aliphatic carboxylic acids is 2. The Kier molecular flexibility index (Phi) is 21.2. The Morgan fingerprint density at radius 3 is 1.90 bits per heavy atom. The van der Waals surface area contributed by atoms with Gasteiger partial charge in [-0.25, -0.2) is 0 Å². The van der Waals surface area contributed by atoms with Crippen molar-refractivity contribution in [2.45, 2.75) is 90.0 Å². The lowest BCUT2D eigenvalue weighted by molar-refractivity contribution is -0.139. The van der Waals surface area contributed by atoms with Crippen LogP contribution in [-0.2, 0) is 14.4 Å². The normalized spacial score (nSPS) is 11.0. The number of nitrogens with one attached hydrogen (secondary N) is 1. The number of unbranched alkanes of at least 4 members (excludes halogenated alkanes) is 8. The molecular formula is C20H41N5O5. The second-order valence-electron chi connectivity index (χ2n) is 7.14. The van der Waals surface area contributed by atoms with E-state index in [0.717, 1.165) is 12.8 Å². The maximum Gasteiger partial charge on any atom is 0.322 e. The fourth-order valence-corrected chi connectivity index (χ4v) is 2.50. The summed E-state index contributed by atoms with van der Waals surface area (Å²) in [5, 5.41) is 19.1. The number of carboxylic acid groups (broad SMARTS) is 2. The monoisotopic (exact) mass is 431 g/mol. The van der Waals surface area contributed by atoms with Gasteiger partial charge in [-0.15, -0.1) is 0 Å². The van der Waals surface area contributed by atoms with Gasteiger partial charge in [0.2, 0.25) is 5.91 Å². The smallest absolute Gasteiger partial charge is 0.322 e. The van der Waals surface area contributed by atoms with Gasteiger partial charge < -0.3 is 32.7 Å². The summed E-state index contributed by atoms with van der Waals surface area (Å²) in [5.41, 5.74) is 15.3. The van der Waals surface area contributed by atoms with E-state index in [0.29, 0.717) is 25.8 Å². The first-order valence-electron chi connectivity index (χ1n) is 10.7. The molecule has 0 heterocycles. The zero-order valence-electron chi connectivity index (χ0n) is 18.3. The molecule has 0 radical (unpaired) electrons. The molecule has 0 fully saturated rings. The number of nitrogens with two attached hydrogens (primary N) is 3. The zero-order valence-corrected chi connectivity index (χ0v) is 18.3. The molecule has 1 amide bonds. The van der Waals surface area contributed by atoms with E-state index >= 15 is 0 Å². The van der Waals surface area contributed by atoms with E-state index in [1.165, 1.54) is 44.9 Å². The highest BCUT2D eigenvalue weighted by Gasteiger charge is 2.09. The average Bonchev–Trinajstić information content (AvgIpc) is 2.68. The van der Waals surface area contributed by atoms with Crippen LogP contribution in [0.3, 0.4) is 0 Å². The Balaban J connectivity index is 0. The molecule has 0 aromatic heterocycles. The van der Waals surface area contributed by atoms with E-state index in [4.69, 9.17) is 27.4 Å². The highest BCUT2D eigenvalue weighted by Crippen LogP contribution is 2.10. The number of rotatable bonds is 17. The number of aliphatic imine (C=N–C) groups is 1. The Labute approximate surface area is 179 Å². The first-order chi connectivity index (χ1) is 14.2. The first-order valence-corrected chi connectivity index (χ1v) is 10.7. The first kappa shape index (κ1) is 29.8. The summed E-state index contributed by atoms with van der Waals surface area (Å²) in [6.07, 6.45) is 12.3. The van der Waals surface area contributed by atoms with E-state index in [9.17, 15) is 14.4 Å². The number of carbonyl (C=O) groups excluding carboxylic acids is 1. The zero-order chi connectivity index (χ0) is 23.2. The van der Waals surface area contributed by atoms with Crippen LogP contribution in [0.5, 0.6) is 0 Å². The van der Waals surface area contributed by atoms with Gasteiger partial charge in [0.05, 0.1) is 0 Å². The van der Waals surface area contributed by atoms with Gasteiger partial charge in [0, 0.05) is 13.0 Å². The van der Waals surface area contributed by atoms with E-state index in [1.807, 2.05) is 0 Å². The topological polar surface area (TPSA) is 194 Å². The quantitative estimate of drug-likeness (QED) is 0.113. The third-order valence-corrected chi connectivity index (χ3v) is 4.23. The molecule has 0 aliphatic carbocycles. The molecule has 176 valence electrons. The fraction of sp³-hybridized carbons (Fsp3) is 0.800. The molecule has 0 aromatic carbocycles. The molecule has 9 N–H and O–H groups in total. The summed E-state index contributed by atoms with van der Waals surface area (Å²) in [4.78, 5) is 35.3. The SMILES string of the molecule is CCCCCCCCCCCC(=O)NCC(=O)O.NC(N)=NCCCC(N)C(=O)O. The largest absolute Gasteiger partial charge is 0.480 e. The molecule has 30 heavy (non-hydrogen) atoms. The van der Waals surface area contributed by atoms with Gasteiger partial charge >= 0.3 is 11.9 Å². The molecule has 0 saturated carbocycles. The molecule has 10 nitrogen and oxygen atoms in total. The van der Waals surface area contributed by atoms with Crippen LogP contribution in [-0.4, -0.2) is 53.1 Å². The van der Waals surface area contributed by atoms with Crippen LogP contribution in [0.15, 0.2) is 4.99 Å². The molecule has 0 saturated heterocycles. The molecule has 0 bridgehead atoms. The number of nitrogens with zero attached hydrogens (tertiary/aromatic N) is 1. The van der Waals surface area contributed by atoms with Crippen molar-refractivity contribution in [3.05, 3.63) is 0 Å². The molecule has 0 aliphatic heterocycles. The Hall–Kier alpha value is -2.36. The Morgan fingerprint density at radius 1 is 0.900 bits per heavy atom. The molecule has 0 rings (SSSR count).